The molecular weight excluding hydrogens is 489 g/mol. The second-order valence-corrected chi connectivity index (χ2v) is 9.25. The van der Waals surface area contributed by atoms with Crippen molar-refractivity contribution in [2.45, 2.75) is 38.3 Å². The Kier molecular flexibility index (Phi) is 8.12. The third-order valence-corrected chi connectivity index (χ3v) is 6.87. The number of piperazine rings is 1. The zero-order valence-electron chi connectivity index (χ0n) is 21.8. The van der Waals surface area contributed by atoms with Gasteiger partial charge in [0, 0.05) is 43.5 Å². The van der Waals surface area contributed by atoms with Gasteiger partial charge in [0.25, 0.3) is 0 Å². The minimum absolute atomic E-state index is 0.0484. The summed E-state index contributed by atoms with van der Waals surface area (Å²) in [6.07, 6.45) is 1.80. The lowest BCUT2D eigenvalue weighted by molar-refractivity contribution is -0.132. The molecular formula is C27H32FN7O3. The van der Waals surface area contributed by atoms with Gasteiger partial charge >= 0.3 is 0 Å². The summed E-state index contributed by atoms with van der Waals surface area (Å²) in [5.41, 5.74) is 13.9. The molecule has 0 aliphatic carbocycles. The maximum absolute atomic E-state index is 15.3. The number of methoxy groups -OCH3 is 2. The van der Waals surface area contributed by atoms with Gasteiger partial charge < -0.3 is 30.7 Å². The predicted molar refractivity (Wildman–Crippen MR) is 142 cm³/mol. The molecule has 1 unspecified atom stereocenters. The van der Waals surface area contributed by atoms with E-state index in [0.717, 1.165) is 18.4 Å². The molecule has 1 saturated heterocycles. The molecule has 10 nitrogen and oxygen atoms in total. The third-order valence-electron chi connectivity index (χ3n) is 6.87. The second-order valence-electron chi connectivity index (χ2n) is 9.25. The number of rotatable bonds is 8. The number of halogens is 1. The fourth-order valence-corrected chi connectivity index (χ4v) is 4.83. The van der Waals surface area contributed by atoms with Gasteiger partial charge in [-0.3, -0.25) is 4.79 Å². The van der Waals surface area contributed by atoms with Crippen LogP contribution < -0.4 is 25.8 Å². The molecule has 3 aromatic rings. The molecule has 4 rings (SSSR count). The van der Waals surface area contributed by atoms with Gasteiger partial charge in [0.05, 0.1) is 25.9 Å². The van der Waals surface area contributed by atoms with Crippen molar-refractivity contribution in [3.63, 3.8) is 0 Å². The highest BCUT2D eigenvalue weighted by Crippen LogP contribution is 2.38. The maximum atomic E-state index is 15.3. The van der Waals surface area contributed by atoms with Gasteiger partial charge in [-0.05, 0) is 30.2 Å². The van der Waals surface area contributed by atoms with Gasteiger partial charge in [0.2, 0.25) is 11.9 Å². The Balaban J connectivity index is 1.55. The monoisotopic (exact) mass is 521 g/mol. The first-order valence-electron chi connectivity index (χ1n) is 12.5. The van der Waals surface area contributed by atoms with E-state index in [1.165, 1.54) is 14.2 Å². The minimum Gasteiger partial charge on any atom is -0.493 e. The maximum Gasteiger partial charge on any atom is 0.228 e. The van der Waals surface area contributed by atoms with Crippen molar-refractivity contribution >= 4 is 28.6 Å². The fourth-order valence-electron chi connectivity index (χ4n) is 4.83. The summed E-state index contributed by atoms with van der Waals surface area (Å²) in [4.78, 5) is 26.0. The van der Waals surface area contributed by atoms with Crippen LogP contribution in [0.1, 0.15) is 43.4 Å². The lowest BCUT2D eigenvalue weighted by Crippen LogP contribution is -2.55. The van der Waals surface area contributed by atoms with Gasteiger partial charge in [0.15, 0.2) is 17.3 Å². The number of aromatic nitrogens is 2. The molecule has 1 aliphatic rings. The number of ether oxygens (including phenoxy) is 2. The van der Waals surface area contributed by atoms with Crippen molar-refractivity contribution in [3.8, 4) is 17.6 Å². The molecule has 4 N–H and O–H groups in total. The van der Waals surface area contributed by atoms with Crippen LogP contribution in [0.15, 0.2) is 30.3 Å². The largest absolute Gasteiger partial charge is 0.493 e. The van der Waals surface area contributed by atoms with Gasteiger partial charge in [-0.15, -0.1) is 0 Å². The number of carbonyl (C=O) groups is 1. The topological polar surface area (TPSA) is 144 Å². The highest BCUT2D eigenvalue weighted by molar-refractivity contribution is 5.92. The summed E-state index contributed by atoms with van der Waals surface area (Å²) in [6.45, 7) is 3.42. The second kappa shape index (κ2) is 11.5. The van der Waals surface area contributed by atoms with E-state index < -0.39 is 11.9 Å². The lowest BCUT2D eigenvalue weighted by Gasteiger charge is -2.42. The fraction of sp³-hybridized carbons (Fsp3) is 0.407. The van der Waals surface area contributed by atoms with Crippen molar-refractivity contribution in [2.75, 3.05) is 44.5 Å². The quantitative estimate of drug-likeness (QED) is 0.457. The van der Waals surface area contributed by atoms with Crippen LogP contribution >= 0.6 is 0 Å². The summed E-state index contributed by atoms with van der Waals surface area (Å²) in [5, 5.41) is 9.32. The Labute approximate surface area is 220 Å². The third kappa shape index (κ3) is 5.26. The van der Waals surface area contributed by atoms with E-state index in [4.69, 9.17) is 26.2 Å². The van der Waals surface area contributed by atoms with Crippen LogP contribution in [-0.2, 0) is 4.79 Å². The molecule has 0 spiro atoms. The summed E-state index contributed by atoms with van der Waals surface area (Å²) < 4.78 is 25.7. The number of fused-ring (bicyclic) bond motifs is 1. The van der Waals surface area contributed by atoms with Crippen LogP contribution in [0.4, 0.5) is 16.2 Å². The van der Waals surface area contributed by atoms with Crippen LogP contribution in [0.3, 0.4) is 0 Å². The number of amides is 1. The molecule has 1 aliphatic heterocycles. The average molecular weight is 522 g/mol. The Morgan fingerprint density at radius 2 is 1.97 bits per heavy atom. The summed E-state index contributed by atoms with van der Waals surface area (Å²) in [6, 6.07) is 10.0. The van der Waals surface area contributed by atoms with E-state index in [0.29, 0.717) is 36.5 Å². The molecule has 200 valence electrons. The molecule has 38 heavy (non-hydrogen) atoms. The zero-order valence-corrected chi connectivity index (χ0v) is 21.8. The van der Waals surface area contributed by atoms with Crippen molar-refractivity contribution in [3.05, 3.63) is 47.3 Å². The number of nitrogen functional groups attached to an aromatic ring is 1. The number of carbonyl (C=O) groups excluding carboxylic acids is 1. The van der Waals surface area contributed by atoms with Gasteiger partial charge in [-0.1, -0.05) is 25.5 Å². The van der Waals surface area contributed by atoms with Crippen LogP contribution in [0.25, 0.3) is 10.9 Å². The molecule has 1 amide bonds. The number of hydrogen-bond acceptors (Lipinski definition) is 9. The van der Waals surface area contributed by atoms with E-state index in [9.17, 15) is 4.79 Å². The molecule has 0 radical (unpaired) electrons. The van der Waals surface area contributed by atoms with Gasteiger partial charge in [0.1, 0.15) is 11.3 Å². The first-order chi connectivity index (χ1) is 18.3. The predicted octanol–water partition coefficient (Wildman–Crippen LogP) is 3.15. The number of benzene rings is 2. The van der Waals surface area contributed by atoms with Crippen molar-refractivity contribution < 1.29 is 18.7 Å². The Morgan fingerprint density at radius 3 is 2.61 bits per heavy atom. The normalized spacial score (nSPS) is 16.3. The van der Waals surface area contributed by atoms with Crippen molar-refractivity contribution in [1.82, 2.24) is 14.9 Å². The Morgan fingerprint density at radius 1 is 1.24 bits per heavy atom. The Bertz CT molecular complexity index is 1360. The lowest BCUT2D eigenvalue weighted by atomic mass is 10.0. The number of nitrogens with zero attached hydrogens (tertiary/aromatic N) is 5. The summed E-state index contributed by atoms with van der Waals surface area (Å²) in [5.74, 6) is -0.133. The molecule has 11 heteroatoms. The first-order valence-corrected chi connectivity index (χ1v) is 12.5. The van der Waals surface area contributed by atoms with Crippen molar-refractivity contribution in [2.24, 2.45) is 5.73 Å². The molecule has 2 aromatic carbocycles. The zero-order chi connectivity index (χ0) is 27.4. The molecule has 1 aromatic heterocycles. The average Bonchev–Trinajstić information content (AvgIpc) is 2.93. The van der Waals surface area contributed by atoms with E-state index in [-0.39, 0.29) is 41.2 Å². The van der Waals surface area contributed by atoms with E-state index in [2.05, 4.69) is 23.0 Å². The van der Waals surface area contributed by atoms with Crippen LogP contribution in [0.2, 0.25) is 0 Å². The molecule has 0 saturated carbocycles. The summed E-state index contributed by atoms with van der Waals surface area (Å²) in [7, 11) is 2.78. The highest BCUT2D eigenvalue weighted by Gasteiger charge is 2.32. The van der Waals surface area contributed by atoms with Crippen LogP contribution in [0, 0.1) is 17.1 Å². The Hall–Kier alpha value is -4.17. The molecule has 0 bridgehead atoms. The van der Waals surface area contributed by atoms with E-state index >= 15 is 4.39 Å². The standard InChI is InChI=1S/C27H32FN7O3/c1-4-5-18-15-34(22(36)13-20(30)17-8-6-16(14-29)7-9-17)10-11-35(18)27-32-24-19(26(31)33-27)12-21(37-2)25(38-3)23(24)28/h6-9,12,18,20H,4-5,10-11,13,15,30H2,1-3H3,(H2,31,32,33)/t18?,20-/m1/s1. The van der Waals surface area contributed by atoms with Gasteiger partial charge in [-0.2, -0.15) is 10.2 Å². The van der Waals surface area contributed by atoms with Gasteiger partial charge in [-0.25, -0.2) is 9.37 Å². The number of nitriles is 1. The summed E-state index contributed by atoms with van der Waals surface area (Å²) >= 11 is 0. The number of anilines is 2. The first kappa shape index (κ1) is 26.9. The minimum atomic E-state index is -0.671. The number of hydrogen-bond donors (Lipinski definition) is 2. The van der Waals surface area contributed by atoms with Crippen molar-refractivity contribution in [1.29, 1.82) is 5.26 Å². The molecule has 2 atom stereocenters. The highest BCUT2D eigenvalue weighted by atomic mass is 19.1. The smallest absolute Gasteiger partial charge is 0.228 e. The molecule has 1 fully saturated rings. The van der Waals surface area contributed by atoms with E-state index in [1.54, 1.807) is 35.2 Å². The SMILES string of the molecule is CCCC1CN(C(=O)C[C@@H](N)c2ccc(C#N)cc2)CCN1c1nc(N)c2cc(OC)c(OC)c(F)c2n1. The van der Waals surface area contributed by atoms with E-state index in [1.807, 2.05) is 4.90 Å². The van der Waals surface area contributed by atoms with Crippen LogP contribution in [0.5, 0.6) is 11.5 Å². The number of nitrogens with two attached hydrogens (primary N) is 2. The van der Waals surface area contributed by atoms with Crippen LogP contribution in [-0.4, -0.2) is 60.7 Å². The molecule has 2 heterocycles.